The monoisotopic (exact) mass is 330 g/mol. The summed E-state index contributed by atoms with van der Waals surface area (Å²) in [6, 6.07) is 10.3. The van der Waals surface area contributed by atoms with E-state index in [1.807, 2.05) is 28.9 Å². The molecule has 1 unspecified atom stereocenters. The average Bonchev–Trinajstić information content (AvgIpc) is 3.10. The van der Waals surface area contributed by atoms with Crippen LogP contribution in [0.2, 0.25) is 0 Å². The summed E-state index contributed by atoms with van der Waals surface area (Å²) in [6.07, 6.45) is 4.19. The van der Waals surface area contributed by atoms with Crippen molar-refractivity contribution in [2.75, 3.05) is 5.73 Å². The lowest BCUT2D eigenvalue weighted by atomic mass is 9.94. The molecule has 0 radical (unpaired) electrons. The number of hydrogen-bond acceptors (Lipinski definition) is 5. The summed E-state index contributed by atoms with van der Waals surface area (Å²) in [7, 11) is 0. The molecule has 3 aromatic heterocycles. The first-order valence-corrected chi connectivity index (χ1v) is 8.40. The summed E-state index contributed by atoms with van der Waals surface area (Å²) < 4.78 is 1.91. The van der Waals surface area contributed by atoms with Crippen molar-refractivity contribution in [3.63, 3.8) is 0 Å². The van der Waals surface area contributed by atoms with Crippen LogP contribution < -0.4 is 11.5 Å². The quantitative estimate of drug-likeness (QED) is 0.559. The zero-order valence-corrected chi connectivity index (χ0v) is 13.8. The molecule has 4 N–H and O–H groups in total. The second kappa shape index (κ2) is 5.00. The minimum Gasteiger partial charge on any atom is -0.382 e. The van der Waals surface area contributed by atoms with E-state index in [0.29, 0.717) is 5.82 Å². The van der Waals surface area contributed by atoms with Crippen molar-refractivity contribution in [2.24, 2.45) is 5.73 Å². The first kappa shape index (κ1) is 14.4. The minimum atomic E-state index is 0.0882. The molecule has 0 aliphatic heterocycles. The summed E-state index contributed by atoms with van der Waals surface area (Å²) in [5.74, 6) is 0.714. The third-order valence-corrected chi connectivity index (χ3v) is 5.30. The highest BCUT2D eigenvalue weighted by Gasteiger charge is 2.35. The lowest BCUT2D eigenvalue weighted by Gasteiger charge is -2.13. The third-order valence-electron chi connectivity index (χ3n) is 5.30. The van der Waals surface area contributed by atoms with Gasteiger partial charge in [-0.15, -0.1) is 0 Å². The van der Waals surface area contributed by atoms with E-state index in [1.54, 1.807) is 0 Å². The van der Waals surface area contributed by atoms with Gasteiger partial charge in [-0.1, -0.05) is 25.1 Å². The van der Waals surface area contributed by atoms with Gasteiger partial charge in [-0.25, -0.2) is 9.50 Å². The molecule has 6 nitrogen and oxygen atoms in total. The first-order chi connectivity index (χ1) is 12.1. The Morgan fingerprint density at radius 1 is 1.20 bits per heavy atom. The molecular weight excluding hydrogens is 312 g/mol. The molecule has 0 bridgehead atoms. The van der Waals surface area contributed by atoms with E-state index in [9.17, 15) is 0 Å². The topological polar surface area (TPSA) is 95.1 Å². The van der Waals surface area contributed by atoms with Crippen LogP contribution in [-0.2, 0) is 6.42 Å². The third kappa shape index (κ3) is 1.91. The van der Waals surface area contributed by atoms with Gasteiger partial charge in [0, 0.05) is 40.9 Å². The zero-order valence-electron chi connectivity index (χ0n) is 13.8. The van der Waals surface area contributed by atoms with Gasteiger partial charge in [0.2, 0.25) is 0 Å². The normalized spacial score (nSPS) is 19.6. The maximum Gasteiger partial charge on any atom is 0.151 e. The molecule has 4 aromatic rings. The molecule has 0 saturated heterocycles. The SMILES string of the molecule is CC1c2c(-c3cnc4ccccc4c3)c3c(N)ncnn3c2C[C@H]1N. The Labute approximate surface area is 144 Å². The van der Waals surface area contributed by atoms with Crippen molar-refractivity contribution in [1.29, 1.82) is 0 Å². The molecule has 2 atom stereocenters. The Bertz CT molecular complexity index is 1130. The van der Waals surface area contributed by atoms with Crippen LogP contribution in [0.3, 0.4) is 0 Å². The van der Waals surface area contributed by atoms with E-state index >= 15 is 0 Å². The Balaban J connectivity index is 1.89. The van der Waals surface area contributed by atoms with Crippen LogP contribution >= 0.6 is 0 Å². The van der Waals surface area contributed by atoms with Gasteiger partial charge in [-0.2, -0.15) is 5.10 Å². The number of fused-ring (bicyclic) bond motifs is 4. The van der Waals surface area contributed by atoms with E-state index in [1.165, 1.54) is 11.9 Å². The van der Waals surface area contributed by atoms with E-state index in [4.69, 9.17) is 11.5 Å². The highest BCUT2D eigenvalue weighted by molar-refractivity contribution is 5.94. The predicted molar refractivity (Wildman–Crippen MR) is 98.2 cm³/mol. The maximum atomic E-state index is 6.34. The summed E-state index contributed by atoms with van der Waals surface area (Å²) in [4.78, 5) is 8.83. The van der Waals surface area contributed by atoms with Gasteiger partial charge in [-0.05, 0) is 23.6 Å². The number of benzene rings is 1. The van der Waals surface area contributed by atoms with E-state index < -0.39 is 0 Å². The maximum absolute atomic E-state index is 6.34. The molecule has 0 amide bonds. The molecule has 1 aliphatic carbocycles. The fraction of sp³-hybridized carbons (Fsp3) is 0.211. The van der Waals surface area contributed by atoms with Crippen LogP contribution in [0, 0.1) is 0 Å². The molecule has 0 saturated carbocycles. The molecule has 124 valence electrons. The van der Waals surface area contributed by atoms with Crippen LogP contribution in [0.4, 0.5) is 5.82 Å². The molecular formula is C19H18N6. The summed E-state index contributed by atoms with van der Waals surface area (Å²) in [5, 5.41) is 5.54. The predicted octanol–water partition coefficient (Wildman–Crippen LogP) is 2.51. The largest absolute Gasteiger partial charge is 0.382 e. The van der Waals surface area contributed by atoms with Gasteiger partial charge in [0.15, 0.2) is 5.82 Å². The second-order valence-corrected chi connectivity index (χ2v) is 6.71. The number of rotatable bonds is 1. The molecule has 5 rings (SSSR count). The van der Waals surface area contributed by atoms with Gasteiger partial charge in [0.05, 0.1) is 5.52 Å². The molecule has 0 fully saturated rings. The van der Waals surface area contributed by atoms with Crippen molar-refractivity contribution in [3.8, 4) is 11.1 Å². The molecule has 3 heterocycles. The fourth-order valence-corrected chi connectivity index (χ4v) is 3.99. The Hall–Kier alpha value is -2.99. The highest BCUT2D eigenvalue weighted by atomic mass is 15.3. The van der Waals surface area contributed by atoms with Gasteiger partial charge in [0.1, 0.15) is 11.8 Å². The zero-order chi connectivity index (χ0) is 17.1. The van der Waals surface area contributed by atoms with Crippen molar-refractivity contribution < 1.29 is 0 Å². The Morgan fingerprint density at radius 2 is 2.04 bits per heavy atom. The number of pyridine rings is 1. The van der Waals surface area contributed by atoms with E-state index in [0.717, 1.165) is 39.7 Å². The Morgan fingerprint density at radius 3 is 2.92 bits per heavy atom. The Kier molecular flexibility index (Phi) is 2.87. The molecule has 1 aromatic carbocycles. The number of aromatic nitrogens is 4. The van der Waals surface area contributed by atoms with Crippen molar-refractivity contribution in [2.45, 2.75) is 25.3 Å². The summed E-state index contributed by atoms with van der Waals surface area (Å²) in [6.45, 7) is 2.16. The number of nitrogens with zero attached hydrogens (tertiary/aromatic N) is 4. The number of anilines is 1. The smallest absolute Gasteiger partial charge is 0.151 e. The molecule has 25 heavy (non-hydrogen) atoms. The number of nitrogen functional groups attached to an aromatic ring is 1. The minimum absolute atomic E-state index is 0.0882. The van der Waals surface area contributed by atoms with Gasteiger partial charge in [0.25, 0.3) is 0 Å². The van der Waals surface area contributed by atoms with Crippen LogP contribution in [0.15, 0.2) is 42.9 Å². The molecule has 0 spiro atoms. The lowest BCUT2D eigenvalue weighted by Crippen LogP contribution is -2.23. The summed E-state index contributed by atoms with van der Waals surface area (Å²) in [5.41, 5.74) is 18.8. The second-order valence-electron chi connectivity index (χ2n) is 6.71. The van der Waals surface area contributed by atoms with Crippen LogP contribution in [0.1, 0.15) is 24.1 Å². The van der Waals surface area contributed by atoms with Crippen molar-refractivity contribution in [1.82, 2.24) is 19.6 Å². The van der Waals surface area contributed by atoms with Crippen LogP contribution in [0.25, 0.3) is 27.5 Å². The summed E-state index contributed by atoms with van der Waals surface area (Å²) >= 11 is 0. The van der Waals surface area contributed by atoms with Gasteiger partial charge in [-0.3, -0.25) is 4.98 Å². The van der Waals surface area contributed by atoms with Gasteiger partial charge >= 0.3 is 0 Å². The van der Waals surface area contributed by atoms with Crippen molar-refractivity contribution in [3.05, 3.63) is 54.1 Å². The van der Waals surface area contributed by atoms with E-state index in [-0.39, 0.29) is 12.0 Å². The number of hydrogen-bond donors (Lipinski definition) is 2. The first-order valence-electron chi connectivity index (χ1n) is 8.40. The number of para-hydroxylation sites is 1. The van der Waals surface area contributed by atoms with Crippen molar-refractivity contribution >= 4 is 22.2 Å². The molecule has 1 aliphatic rings. The fourth-order valence-electron chi connectivity index (χ4n) is 3.99. The highest BCUT2D eigenvalue weighted by Crippen LogP contribution is 2.44. The molecule has 6 heteroatoms. The lowest BCUT2D eigenvalue weighted by molar-refractivity contribution is 0.608. The number of nitrogens with two attached hydrogens (primary N) is 2. The van der Waals surface area contributed by atoms with E-state index in [2.05, 4.69) is 34.1 Å². The standard InChI is InChI=1S/C19H18N6/c1-10-13(20)7-15-16(10)17(18-19(21)23-9-24-25(15)18)12-6-11-4-2-3-5-14(11)22-8-12/h2-6,8-10,13H,7,20H2,1H3,(H2,21,23,24)/t10?,13-/m1/s1. The van der Waals surface area contributed by atoms with Gasteiger partial charge < -0.3 is 11.5 Å². The van der Waals surface area contributed by atoms with Crippen LogP contribution in [-0.4, -0.2) is 25.6 Å². The average molecular weight is 330 g/mol. The van der Waals surface area contributed by atoms with Crippen LogP contribution in [0.5, 0.6) is 0 Å².